The molecule has 0 fully saturated rings. The fraction of sp³-hybridized carbons (Fsp3) is 0.643. The van der Waals surface area contributed by atoms with Crippen molar-refractivity contribution < 1.29 is 9.90 Å². The van der Waals surface area contributed by atoms with E-state index in [4.69, 9.17) is 5.11 Å². The molecule has 0 atom stereocenters. The van der Waals surface area contributed by atoms with Gasteiger partial charge in [-0.3, -0.25) is 4.79 Å². The second-order valence-corrected chi connectivity index (χ2v) is 5.82. The van der Waals surface area contributed by atoms with E-state index in [9.17, 15) is 4.79 Å². The summed E-state index contributed by atoms with van der Waals surface area (Å²) in [5.41, 5.74) is 0.709. The summed E-state index contributed by atoms with van der Waals surface area (Å²) in [7, 11) is 0. The van der Waals surface area contributed by atoms with Crippen LogP contribution in [0.2, 0.25) is 0 Å². The van der Waals surface area contributed by atoms with Gasteiger partial charge in [0.25, 0.3) is 5.91 Å². The summed E-state index contributed by atoms with van der Waals surface area (Å²) in [6.45, 7) is 7.61. The van der Waals surface area contributed by atoms with Gasteiger partial charge in [-0.05, 0) is 48.7 Å². The first-order chi connectivity index (χ1) is 9.01. The van der Waals surface area contributed by atoms with Crippen LogP contribution in [-0.4, -0.2) is 39.7 Å². The highest BCUT2D eigenvalue weighted by atomic mass is 79.9. The fourth-order valence-electron chi connectivity index (χ4n) is 2.06. The van der Waals surface area contributed by atoms with Crippen molar-refractivity contribution in [2.75, 3.05) is 13.2 Å². The van der Waals surface area contributed by atoms with E-state index in [0.717, 1.165) is 17.4 Å². The number of hydrogen-bond donors (Lipinski definition) is 1. The van der Waals surface area contributed by atoms with Crippen LogP contribution in [0.25, 0.3) is 0 Å². The van der Waals surface area contributed by atoms with Crippen LogP contribution in [0.4, 0.5) is 0 Å². The van der Waals surface area contributed by atoms with Crippen LogP contribution >= 0.6 is 15.9 Å². The van der Waals surface area contributed by atoms with Crippen molar-refractivity contribution in [2.24, 2.45) is 0 Å². The average molecular weight is 331 g/mol. The Kier molecular flexibility index (Phi) is 6.58. The van der Waals surface area contributed by atoms with Gasteiger partial charge >= 0.3 is 0 Å². The highest BCUT2D eigenvalue weighted by molar-refractivity contribution is 9.10. The topological polar surface area (TPSA) is 45.5 Å². The number of rotatable bonds is 7. The molecule has 4 nitrogen and oxygen atoms in total. The molecule has 1 heterocycles. The van der Waals surface area contributed by atoms with Gasteiger partial charge in [0.15, 0.2) is 0 Å². The summed E-state index contributed by atoms with van der Waals surface area (Å²) in [4.78, 5) is 14.4. The van der Waals surface area contributed by atoms with Crippen LogP contribution in [0.1, 0.15) is 44.1 Å². The highest BCUT2D eigenvalue weighted by Gasteiger charge is 2.21. The lowest BCUT2D eigenvalue weighted by molar-refractivity contribution is 0.0682. The number of nitrogens with zero attached hydrogens (tertiary/aromatic N) is 2. The molecule has 5 heteroatoms. The molecule has 0 aliphatic rings. The van der Waals surface area contributed by atoms with Crippen molar-refractivity contribution in [1.29, 1.82) is 0 Å². The van der Waals surface area contributed by atoms with E-state index in [2.05, 4.69) is 22.9 Å². The second kappa shape index (κ2) is 7.70. The van der Waals surface area contributed by atoms with Gasteiger partial charge in [-0.25, -0.2) is 0 Å². The predicted octanol–water partition coefficient (Wildman–Crippen LogP) is 2.89. The Bertz CT molecular complexity index is 416. The Morgan fingerprint density at radius 1 is 1.53 bits per heavy atom. The number of aliphatic hydroxyl groups is 1. The smallest absolute Gasteiger partial charge is 0.270 e. The van der Waals surface area contributed by atoms with E-state index in [-0.39, 0.29) is 18.6 Å². The lowest BCUT2D eigenvalue weighted by Gasteiger charge is -2.27. The van der Waals surface area contributed by atoms with E-state index < -0.39 is 0 Å². The largest absolute Gasteiger partial charge is 0.396 e. The fourth-order valence-corrected chi connectivity index (χ4v) is 2.53. The molecule has 0 spiro atoms. The first kappa shape index (κ1) is 16.2. The van der Waals surface area contributed by atoms with Crippen molar-refractivity contribution in [2.45, 2.75) is 46.2 Å². The maximum Gasteiger partial charge on any atom is 0.270 e. The molecule has 0 radical (unpaired) electrons. The lowest BCUT2D eigenvalue weighted by atomic mass is 10.2. The summed E-state index contributed by atoms with van der Waals surface area (Å²) in [5.74, 6) is 0.0302. The zero-order valence-corrected chi connectivity index (χ0v) is 13.5. The number of carbonyl (C=O) groups is 1. The molecule has 1 amide bonds. The first-order valence-electron chi connectivity index (χ1n) is 6.78. The molecule has 108 valence electrons. The van der Waals surface area contributed by atoms with Gasteiger partial charge in [0.2, 0.25) is 0 Å². The molecule has 1 rings (SSSR count). The monoisotopic (exact) mass is 330 g/mol. The van der Waals surface area contributed by atoms with Crippen LogP contribution < -0.4 is 0 Å². The highest BCUT2D eigenvalue weighted by Crippen LogP contribution is 2.18. The maximum absolute atomic E-state index is 12.6. The van der Waals surface area contributed by atoms with E-state index in [1.54, 1.807) is 0 Å². The molecule has 0 bridgehead atoms. The Morgan fingerprint density at radius 3 is 2.74 bits per heavy atom. The van der Waals surface area contributed by atoms with Crippen molar-refractivity contribution in [1.82, 2.24) is 9.47 Å². The number of aryl methyl sites for hydroxylation is 1. The van der Waals surface area contributed by atoms with Crippen molar-refractivity contribution >= 4 is 21.8 Å². The van der Waals surface area contributed by atoms with Gasteiger partial charge in [0, 0.05) is 36.4 Å². The molecule has 0 aromatic carbocycles. The number of halogens is 1. The number of aromatic nitrogens is 1. The van der Waals surface area contributed by atoms with E-state index >= 15 is 0 Å². The average Bonchev–Trinajstić information content (AvgIpc) is 2.70. The molecule has 0 saturated carbocycles. The van der Waals surface area contributed by atoms with Gasteiger partial charge in [-0.15, -0.1) is 0 Å². The number of amides is 1. The second-order valence-electron chi connectivity index (χ2n) is 4.91. The Morgan fingerprint density at radius 2 is 2.21 bits per heavy atom. The number of aliphatic hydroxyl groups excluding tert-OH is 1. The minimum absolute atomic E-state index is 0.0302. The molecule has 0 aliphatic heterocycles. The van der Waals surface area contributed by atoms with E-state index in [0.29, 0.717) is 18.7 Å². The summed E-state index contributed by atoms with van der Waals surface area (Å²) in [6.07, 6.45) is 3.54. The van der Waals surface area contributed by atoms with Gasteiger partial charge in [-0.2, -0.15) is 0 Å². The van der Waals surface area contributed by atoms with Gasteiger partial charge in [0.1, 0.15) is 5.69 Å². The summed E-state index contributed by atoms with van der Waals surface area (Å²) >= 11 is 3.43. The van der Waals surface area contributed by atoms with Crippen molar-refractivity contribution in [3.05, 3.63) is 22.4 Å². The molecule has 1 aromatic heterocycles. The maximum atomic E-state index is 12.6. The normalized spacial score (nSPS) is 11.1. The molecule has 1 N–H and O–H groups in total. The SMILES string of the molecule is CCCn1cc(Br)cc1C(=O)N(CCCO)C(C)C. The van der Waals surface area contributed by atoms with Crippen LogP contribution in [0, 0.1) is 0 Å². The Hall–Kier alpha value is -0.810. The number of hydrogen-bond acceptors (Lipinski definition) is 2. The quantitative estimate of drug-likeness (QED) is 0.835. The Labute approximate surface area is 123 Å². The third-order valence-electron chi connectivity index (χ3n) is 2.99. The van der Waals surface area contributed by atoms with Gasteiger partial charge in [-0.1, -0.05) is 6.92 Å². The molecular formula is C14H23BrN2O2. The number of carbonyl (C=O) groups excluding carboxylic acids is 1. The van der Waals surface area contributed by atoms with Crippen LogP contribution in [-0.2, 0) is 6.54 Å². The van der Waals surface area contributed by atoms with Crippen molar-refractivity contribution in [3.63, 3.8) is 0 Å². The predicted molar refractivity (Wildman–Crippen MR) is 80.3 cm³/mol. The van der Waals surface area contributed by atoms with Gasteiger partial charge in [0.05, 0.1) is 0 Å². The molecule has 0 unspecified atom stereocenters. The standard InChI is InChI=1S/C14H23BrN2O2/c1-4-6-16-10-12(15)9-13(16)14(19)17(11(2)3)7-5-8-18/h9-11,18H,4-8H2,1-3H3. The van der Waals surface area contributed by atoms with E-state index in [1.807, 2.05) is 35.6 Å². The summed E-state index contributed by atoms with van der Waals surface area (Å²) < 4.78 is 2.91. The molecule has 0 aliphatic carbocycles. The summed E-state index contributed by atoms with van der Waals surface area (Å²) in [6, 6.07) is 1.99. The van der Waals surface area contributed by atoms with Crippen molar-refractivity contribution in [3.8, 4) is 0 Å². The minimum Gasteiger partial charge on any atom is -0.396 e. The van der Waals surface area contributed by atoms with E-state index in [1.165, 1.54) is 0 Å². The molecule has 0 saturated heterocycles. The third kappa shape index (κ3) is 4.35. The molecule has 19 heavy (non-hydrogen) atoms. The molecule has 1 aromatic rings. The van der Waals surface area contributed by atoms with Crippen LogP contribution in [0.15, 0.2) is 16.7 Å². The third-order valence-corrected chi connectivity index (χ3v) is 3.42. The van der Waals surface area contributed by atoms with Crippen LogP contribution in [0.3, 0.4) is 0 Å². The minimum atomic E-state index is 0.0302. The van der Waals surface area contributed by atoms with Crippen LogP contribution in [0.5, 0.6) is 0 Å². The zero-order chi connectivity index (χ0) is 14.4. The Balaban J connectivity index is 2.95. The van der Waals surface area contributed by atoms with Gasteiger partial charge < -0.3 is 14.6 Å². The zero-order valence-electron chi connectivity index (χ0n) is 11.9. The molecular weight excluding hydrogens is 308 g/mol. The summed E-state index contributed by atoms with van der Waals surface area (Å²) in [5, 5.41) is 8.94. The first-order valence-corrected chi connectivity index (χ1v) is 7.58. The lowest BCUT2D eigenvalue weighted by Crippen LogP contribution is -2.39.